The van der Waals surface area contributed by atoms with Crippen LogP contribution in [-0.2, 0) is 0 Å². The van der Waals surface area contributed by atoms with Crippen LogP contribution in [-0.4, -0.2) is 15.0 Å². The Hall–Kier alpha value is -1.91. The van der Waals surface area contributed by atoms with Gasteiger partial charge in [-0.3, -0.25) is 0 Å². The molecular formula is C13H8Cl2N4. The van der Waals surface area contributed by atoms with Crippen LogP contribution in [0.3, 0.4) is 0 Å². The molecule has 3 aromatic rings. The van der Waals surface area contributed by atoms with Gasteiger partial charge in [-0.1, -0.05) is 35.3 Å². The van der Waals surface area contributed by atoms with Gasteiger partial charge in [0.2, 0.25) is 5.95 Å². The molecule has 2 aromatic heterocycles. The summed E-state index contributed by atoms with van der Waals surface area (Å²) in [6, 6.07) is 10.7. The number of nitrogens with two attached hydrogens (primary N) is 1. The van der Waals surface area contributed by atoms with Crippen LogP contribution < -0.4 is 5.73 Å². The number of aromatic nitrogens is 3. The summed E-state index contributed by atoms with van der Waals surface area (Å²) in [5.41, 5.74) is 8.49. The standard InChI is InChI=1S/C13H8Cl2N4/c14-8-3-1-7(2-4-8)11-12-9(17-13(16)19-11)5-6-10(15)18-12/h1-6H,(H2,16,17,19). The van der Waals surface area contributed by atoms with E-state index in [4.69, 9.17) is 28.9 Å². The first kappa shape index (κ1) is 12.1. The van der Waals surface area contributed by atoms with Gasteiger partial charge in [0.1, 0.15) is 16.4 Å². The topological polar surface area (TPSA) is 64.7 Å². The molecule has 1 aromatic carbocycles. The lowest BCUT2D eigenvalue weighted by molar-refractivity contribution is 1.21. The van der Waals surface area contributed by atoms with Gasteiger partial charge in [0.15, 0.2) is 0 Å². The molecule has 0 aliphatic rings. The number of anilines is 1. The van der Waals surface area contributed by atoms with Crippen LogP contribution in [0.4, 0.5) is 5.95 Å². The van der Waals surface area contributed by atoms with Gasteiger partial charge in [-0.2, -0.15) is 0 Å². The van der Waals surface area contributed by atoms with Crippen molar-refractivity contribution in [2.24, 2.45) is 0 Å². The van der Waals surface area contributed by atoms with Gasteiger partial charge < -0.3 is 5.73 Å². The molecule has 0 atom stereocenters. The molecule has 0 unspecified atom stereocenters. The van der Waals surface area contributed by atoms with Crippen LogP contribution >= 0.6 is 23.2 Å². The third-order valence-corrected chi connectivity index (χ3v) is 3.11. The molecule has 3 rings (SSSR count). The van der Waals surface area contributed by atoms with E-state index >= 15 is 0 Å². The Morgan fingerprint density at radius 1 is 0.842 bits per heavy atom. The van der Waals surface area contributed by atoms with Gasteiger partial charge in [0.05, 0.1) is 5.52 Å². The molecule has 0 saturated heterocycles. The predicted molar refractivity (Wildman–Crippen MR) is 77.2 cm³/mol. The minimum Gasteiger partial charge on any atom is -0.368 e. The Balaban J connectivity index is 2.32. The quantitative estimate of drug-likeness (QED) is 0.696. The van der Waals surface area contributed by atoms with Crippen LogP contribution in [0.5, 0.6) is 0 Å². The normalized spacial score (nSPS) is 10.8. The predicted octanol–water partition coefficient (Wildman–Crippen LogP) is 3.58. The summed E-state index contributed by atoms with van der Waals surface area (Å²) in [5, 5.41) is 1.04. The molecule has 2 heterocycles. The van der Waals surface area contributed by atoms with E-state index in [1.165, 1.54) is 0 Å². The SMILES string of the molecule is Nc1nc(-c2ccc(Cl)cc2)c2nc(Cl)ccc2n1. The van der Waals surface area contributed by atoms with Gasteiger partial charge in [-0.25, -0.2) is 15.0 Å². The molecule has 6 heteroatoms. The summed E-state index contributed by atoms with van der Waals surface area (Å²) >= 11 is 11.8. The number of nitrogens with zero attached hydrogens (tertiary/aromatic N) is 3. The lowest BCUT2D eigenvalue weighted by atomic mass is 10.1. The number of fused-ring (bicyclic) bond motifs is 1. The summed E-state index contributed by atoms with van der Waals surface area (Å²) in [6.07, 6.45) is 0. The molecule has 0 radical (unpaired) electrons. The molecule has 19 heavy (non-hydrogen) atoms. The maximum atomic E-state index is 5.92. The molecule has 0 amide bonds. The first-order valence-corrected chi connectivity index (χ1v) is 6.25. The average molecular weight is 291 g/mol. The largest absolute Gasteiger partial charge is 0.368 e. The van der Waals surface area contributed by atoms with Crippen molar-refractivity contribution in [3.8, 4) is 11.3 Å². The van der Waals surface area contributed by atoms with Crippen molar-refractivity contribution in [2.75, 3.05) is 5.73 Å². The van der Waals surface area contributed by atoms with Crippen molar-refractivity contribution in [3.63, 3.8) is 0 Å². The maximum absolute atomic E-state index is 5.92. The van der Waals surface area contributed by atoms with Gasteiger partial charge >= 0.3 is 0 Å². The highest BCUT2D eigenvalue weighted by atomic mass is 35.5. The minimum atomic E-state index is 0.196. The monoisotopic (exact) mass is 290 g/mol. The van der Waals surface area contributed by atoms with Gasteiger partial charge in [0, 0.05) is 10.6 Å². The molecule has 0 fully saturated rings. The van der Waals surface area contributed by atoms with E-state index in [9.17, 15) is 0 Å². The Morgan fingerprint density at radius 2 is 1.58 bits per heavy atom. The van der Waals surface area contributed by atoms with Crippen molar-refractivity contribution in [1.29, 1.82) is 0 Å². The fourth-order valence-electron chi connectivity index (χ4n) is 1.82. The lowest BCUT2D eigenvalue weighted by Gasteiger charge is -2.06. The van der Waals surface area contributed by atoms with Crippen LogP contribution in [0, 0.1) is 0 Å². The van der Waals surface area contributed by atoms with Crippen LogP contribution in [0.15, 0.2) is 36.4 Å². The highest BCUT2D eigenvalue weighted by molar-refractivity contribution is 6.30. The Kier molecular flexibility index (Phi) is 2.97. The number of halogens is 2. The summed E-state index contributed by atoms with van der Waals surface area (Å²) in [5.74, 6) is 0.196. The molecule has 0 aliphatic heterocycles. The molecule has 0 spiro atoms. The highest BCUT2D eigenvalue weighted by Crippen LogP contribution is 2.27. The molecule has 2 N–H and O–H groups in total. The van der Waals surface area contributed by atoms with E-state index in [1.807, 2.05) is 12.1 Å². The minimum absolute atomic E-state index is 0.196. The van der Waals surface area contributed by atoms with Gasteiger partial charge in [-0.15, -0.1) is 0 Å². The second kappa shape index (κ2) is 4.64. The zero-order valence-corrected chi connectivity index (χ0v) is 11.2. The summed E-state index contributed by atoms with van der Waals surface area (Å²) in [7, 11) is 0. The molecule has 94 valence electrons. The lowest BCUT2D eigenvalue weighted by Crippen LogP contribution is -1.99. The van der Waals surface area contributed by atoms with Crippen LogP contribution in [0.2, 0.25) is 10.2 Å². The zero-order chi connectivity index (χ0) is 13.4. The Morgan fingerprint density at radius 3 is 2.32 bits per heavy atom. The van der Waals surface area contributed by atoms with Crippen LogP contribution in [0.25, 0.3) is 22.3 Å². The molecule has 0 bridgehead atoms. The number of hydrogen-bond acceptors (Lipinski definition) is 4. The fourth-order valence-corrected chi connectivity index (χ4v) is 2.09. The van der Waals surface area contributed by atoms with Crippen molar-refractivity contribution in [1.82, 2.24) is 15.0 Å². The van der Waals surface area contributed by atoms with E-state index in [1.54, 1.807) is 24.3 Å². The zero-order valence-electron chi connectivity index (χ0n) is 9.64. The second-order valence-electron chi connectivity index (χ2n) is 3.94. The smallest absolute Gasteiger partial charge is 0.221 e. The molecule has 0 saturated carbocycles. The van der Waals surface area contributed by atoms with Gasteiger partial charge in [0.25, 0.3) is 0 Å². The van der Waals surface area contributed by atoms with Crippen molar-refractivity contribution in [3.05, 3.63) is 46.6 Å². The van der Waals surface area contributed by atoms with E-state index < -0.39 is 0 Å². The van der Waals surface area contributed by atoms with Crippen LogP contribution in [0.1, 0.15) is 0 Å². The average Bonchev–Trinajstić information content (AvgIpc) is 2.39. The first-order valence-electron chi connectivity index (χ1n) is 5.49. The number of hydrogen-bond donors (Lipinski definition) is 1. The van der Waals surface area contributed by atoms with E-state index in [2.05, 4.69) is 15.0 Å². The second-order valence-corrected chi connectivity index (χ2v) is 4.76. The third-order valence-electron chi connectivity index (χ3n) is 2.64. The van der Waals surface area contributed by atoms with Crippen molar-refractivity contribution in [2.45, 2.75) is 0 Å². The Bertz CT molecular complexity index is 756. The molecule has 0 aliphatic carbocycles. The summed E-state index contributed by atoms with van der Waals surface area (Å²) in [4.78, 5) is 12.7. The van der Waals surface area contributed by atoms with Gasteiger partial charge in [-0.05, 0) is 24.3 Å². The summed E-state index contributed by atoms with van der Waals surface area (Å²) in [6.45, 7) is 0. The Labute approximate surface area is 119 Å². The first-order chi connectivity index (χ1) is 9.13. The number of pyridine rings is 1. The van der Waals surface area contributed by atoms with E-state index in [-0.39, 0.29) is 5.95 Å². The maximum Gasteiger partial charge on any atom is 0.221 e. The number of nitrogen functional groups attached to an aromatic ring is 1. The van der Waals surface area contributed by atoms with E-state index in [0.29, 0.717) is 26.9 Å². The fraction of sp³-hybridized carbons (Fsp3) is 0. The van der Waals surface area contributed by atoms with Crippen molar-refractivity contribution < 1.29 is 0 Å². The highest BCUT2D eigenvalue weighted by Gasteiger charge is 2.10. The number of benzene rings is 1. The summed E-state index contributed by atoms with van der Waals surface area (Å²) < 4.78 is 0. The van der Waals surface area contributed by atoms with E-state index in [0.717, 1.165) is 5.56 Å². The third kappa shape index (κ3) is 2.32. The number of rotatable bonds is 1. The molecule has 4 nitrogen and oxygen atoms in total. The van der Waals surface area contributed by atoms with Crippen molar-refractivity contribution >= 4 is 40.2 Å². The molecular weight excluding hydrogens is 283 g/mol.